The molecule has 3 aromatic rings. The summed E-state index contributed by atoms with van der Waals surface area (Å²) in [5, 5.41) is 3.19. The summed E-state index contributed by atoms with van der Waals surface area (Å²) in [5.41, 5.74) is 2.86. The molecule has 0 saturated heterocycles. The third-order valence-electron chi connectivity index (χ3n) is 5.51. The molecule has 6 nitrogen and oxygen atoms in total. The number of methoxy groups -OCH3 is 1. The van der Waals surface area contributed by atoms with Crippen LogP contribution in [0.5, 0.6) is 11.5 Å². The number of imide groups is 1. The number of anilines is 1. The molecule has 1 aliphatic rings. The molecule has 4 rings (SSSR count). The van der Waals surface area contributed by atoms with E-state index in [0.717, 1.165) is 11.3 Å². The molecule has 1 heterocycles. The summed E-state index contributed by atoms with van der Waals surface area (Å²) < 4.78 is 11.2. The first-order valence-corrected chi connectivity index (χ1v) is 11.3. The smallest absolute Gasteiger partial charge is 0.278 e. The average molecular weight is 457 g/mol. The minimum Gasteiger partial charge on any atom is -0.496 e. The Morgan fingerprint density at radius 3 is 2.21 bits per heavy atom. The molecule has 0 aliphatic carbocycles. The van der Waals surface area contributed by atoms with Gasteiger partial charge in [0.05, 0.1) is 18.8 Å². The average Bonchev–Trinajstić information content (AvgIpc) is 3.07. The standard InChI is InChI=1S/C28H28N2O4/c1-19(2)34-22-15-13-21(14-16-22)29-26-25(23-11-7-8-12-24(23)33-3)27(31)30(28(26)32)18-17-20-9-5-4-6-10-20/h4-16,19,29H,17-18H2,1-3H3. The van der Waals surface area contributed by atoms with Gasteiger partial charge in [0.1, 0.15) is 17.2 Å². The van der Waals surface area contributed by atoms with E-state index in [4.69, 9.17) is 9.47 Å². The highest BCUT2D eigenvalue weighted by Crippen LogP contribution is 2.35. The van der Waals surface area contributed by atoms with Crippen molar-refractivity contribution in [3.63, 3.8) is 0 Å². The van der Waals surface area contributed by atoms with Gasteiger partial charge in [0.15, 0.2) is 0 Å². The van der Waals surface area contributed by atoms with Crippen molar-refractivity contribution in [2.24, 2.45) is 0 Å². The van der Waals surface area contributed by atoms with Crippen molar-refractivity contribution in [2.75, 3.05) is 19.0 Å². The van der Waals surface area contributed by atoms with E-state index in [0.29, 0.717) is 29.0 Å². The summed E-state index contributed by atoms with van der Waals surface area (Å²) in [6.45, 7) is 4.21. The van der Waals surface area contributed by atoms with Crippen molar-refractivity contribution >= 4 is 23.1 Å². The van der Waals surface area contributed by atoms with Gasteiger partial charge in [0, 0.05) is 17.8 Å². The Kier molecular flexibility index (Phi) is 6.97. The van der Waals surface area contributed by atoms with Crippen molar-refractivity contribution in [2.45, 2.75) is 26.4 Å². The van der Waals surface area contributed by atoms with E-state index in [2.05, 4.69) is 5.32 Å². The summed E-state index contributed by atoms with van der Waals surface area (Å²) in [6.07, 6.45) is 0.636. The third kappa shape index (κ3) is 4.96. The number of amides is 2. The van der Waals surface area contributed by atoms with Crippen LogP contribution in [0.15, 0.2) is 84.6 Å². The molecule has 0 saturated carbocycles. The van der Waals surface area contributed by atoms with Crippen molar-refractivity contribution in [3.05, 3.63) is 95.7 Å². The predicted octanol–water partition coefficient (Wildman–Crippen LogP) is 4.92. The molecule has 0 atom stereocenters. The van der Waals surface area contributed by atoms with Crippen molar-refractivity contribution in [3.8, 4) is 11.5 Å². The summed E-state index contributed by atoms with van der Waals surface area (Å²) in [4.78, 5) is 28.3. The molecule has 1 N–H and O–H groups in total. The van der Waals surface area contributed by atoms with Gasteiger partial charge in [-0.2, -0.15) is 0 Å². The Bertz CT molecular complexity index is 1200. The number of para-hydroxylation sites is 1. The topological polar surface area (TPSA) is 67.9 Å². The fourth-order valence-electron chi connectivity index (χ4n) is 3.92. The number of carbonyl (C=O) groups is 2. The van der Waals surface area contributed by atoms with Crippen LogP contribution in [0, 0.1) is 0 Å². The monoisotopic (exact) mass is 456 g/mol. The molecule has 174 valence electrons. The Labute approximate surface area is 199 Å². The van der Waals surface area contributed by atoms with E-state index in [9.17, 15) is 9.59 Å². The Hall–Kier alpha value is -4.06. The second-order valence-electron chi connectivity index (χ2n) is 8.26. The maximum absolute atomic E-state index is 13.5. The van der Waals surface area contributed by atoms with E-state index >= 15 is 0 Å². The van der Waals surface area contributed by atoms with Crippen LogP contribution < -0.4 is 14.8 Å². The lowest BCUT2D eigenvalue weighted by Crippen LogP contribution is -2.34. The van der Waals surface area contributed by atoms with Crippen LogP contribution in [-0.4, -0.2) is 36.5 Å². The zero-order valence-corrected chi connectivity index (χ0v) is 19.6. The number of ether oxygens (including phenoxy) is 2. The maximum atomic E-state index is 13.5. The number of carbonyl (C=O) groups excluding carboxylic acids is 2. The molecular weight excluding hydrogens is 428 g/mol. The van der Waals surface area contributed by atoms with Gasteiger partial charge in [-0.3, -0.25) is 14.5 Å². The van der Waals surface area contributed by atoms with E-state index in [1.165, 1.54) is 4.90 Å². The van der Waals surface area contributed by atoms with E-state index < -0.39 is 0 Å². The van der Waals surface area contributed by atoms with Gasteiger partial charge in [0.2, 0.25) is 0 Å². The van der Waals surface area contributed by atoms with Crippen LogP contribution in [0.25, 0.3) is 5.57 Å². The molecule has 0 spiro atoms. The van der Waals surface area contributed by atoms with Gasteiger partial charge in [-0.25, -0.2) is 0 Å². The second kappa shape index (κ2) is 10.3. The molecule has 0 unspecified atom stereocenters. The van der Waals surface area contributed by atoms with Crippen molar-refractivity contribution in [1.29, 1.82) is 0 Å². The van der Waals surface area contributed by atoms with E-state index in [1.54, 1.807) is 19.2 Å². The summed E-state index contributed by atoms with van der Waals surface area (Å²) in [6, 6.07) is 24.4. The number of benzene rings is 3. The molecule has 0 bridgehead atoms. The molecule has 6 heteroatoms. The lowest BCUT2D eigenvalue weighted by atomic mass is 10.0. The van der Waals surface area contributed by atoms with Crippen molar-refractivity contribution in [1.82, 2.24) is 4.90 Å². The normalized spacial score (nSPS) is 13.6. The minimum atomic E-state index is -0.357. The van der Waals surface area contributed by atoms with Gasteiger partial charge in [-0.15, -0.1) is 0 Å². The number of hydrogen-bond donors (Lipinski definition) is 1. The zero-order chi connectivity index (χ0) is 24.1. The highest BCUT2D eigenvalue weighted by atomic mass is 16.5. The lowest BCUT2D eigenvalue weighted by molar-refractivity contribution is -0.136. The SMILES string of the molecule is COc1ccccc1C1=C(Nc2ccc(OC(C)C)cc2)C(=O)N(CCc2ccccc2)C1=O. The first-order valence-electron chi connectivity index (χ1n) is 11.3. The van der Waals surface area contributed by atoms with Gasteiger partial charge >= 0.3 is 0 Å². The van der Waals surface area contributed by atoms with Crippen LogP contribution >= 0.6 is 0 Å². The quantitative estimate of drug-likeness (QED) is 0.463. The van der Waals surface area contributed by atoms with Crippen LogP contribution in [0.2, 0.25) is 0 Å². The molecule has 34 heavy (non-hydrogen) atoms. The minimum absolute atomic E-state index is 0.0610. The predicted molar refractivity (Wildman–Crippen MR) is 133 cm³/mol. The number of hydrogen-bond acceptors (Lipinski definition) is 5. The van der Waals surface area contributed by atoms with Gasteiger partial charge in [0.25, 0.3) is 11.8 Å². The van der Waals surface area contributed by atoms with Crippen LogP contribution in [0.1, 0.15) is 25.0 Å². The molecule has 0 radical (unpaired) electrons. The first-order chi connectivity index (χ1) is 16.5. The Balaban J connectivity index is 1.66. The molecular formula is C28H28N2O4. The molecule has 0 fully saturated rings. The number of rotatable bonds is 9. The highest BCUT2D eigenvalue weighted by Gasteiger charge is 2.40. The largest absolute Gasteiger partial charge is 0.496 e. The third-order valence-corrected chi connectivity index (χ3v) is 5.51. The molecule has 2 amide bonds. The highest BCUT2D eigenvalue weighted by molar-refractivity contribution is 6.37. The van der Waals surface area contributed by atoms with Crippen LogP contribution in [0.4, 0.5) is 5.69 Å². The first kappa shape index (κ1) is 23.1. The fraction of sp³-hybridized carbons (Fsp3) is 0.214. The van der Waals surface area contributed by atoms with Gasteiger partial charge in [-0.05, 0) is 56.2 Å². The number of nitrogens with one attached hydrogen (secondary N) is 1. The Morgan fingerprint density at radius 1 is 0.853 bits per heavy atom. The summed E-state index contributed by atoms with van der Waals surface area (Å²) in [5.74, 6) is 0.568. The Morgan fingerprint density at radius 2 is 1.53 bits per heavy atom. The van der Waals surface area contributed by atoms with Crippen LogP contribution in [0.3, 0.4) is 0 Å². The van der Waals surface area contributed by atoms with Crippen LogP contribution in [-0.2, 0) is 16.0 Å². The summed E-state index contributed by atoms with van der Waals surface area (Å²) in [7, 11) is 1.55. The summed E-state index contributed by atoms with van der Waals surface area (Å²) >= 11 is 0. The molecule has 1 aliphatic heterocycles. The number of nitrogens with zero attached hydrogens (tertiary/aromatic N) is 1. The van der Waals surface area contributed by atoms with Gasteiger partial charge < -0.3 is 14.8 Å². The lowest BCUT2D eigenvalue weighted by Gasteiger charge is -2.15. The van der Waals surface area contributed by atoms with E-state index in [1.807, 2.05) is 80.6 Å². The molecule has 3 aromatic carbocycles. The fourth-order valence-corrected chi connectivity index (χ4v) is 3.92. The maximum Gasteiger partial charge on any atom is 0.278 e. The zero-order valence-electron chi connectivity index (χ0n) is 19.6. The molecule has 0 aromatic heterocycles. The van der Waals surface area contributed by atoms with Gasteiger partial charge in [-0.1, -0.05) is 48.5 Å². The second-order valence-corrected chi connectivity index (χ2v) is 8.26. The van der Waals surface area contributed by atoms with E-state index in [-0.39, 0.29) is 30.2 Å². The van der Waals surface area contributed by atoms with Crippen molar-refractivity contribution < 1.29 is 19.1 Å².